The number of benzene rings is 1. The monoisotopic (exact) mass is 203 g/mol. The molecule has 0 aromatic heterocycles. The quantitative estimate of drug-likeness (QED) is 0.820. The fourth-order valence-corrected chi connectivity index (χ4v) is 1.67. The first-order valence-corrected chi connectivity index (χ1v) is 5.09. The molecule has 3 nitrogen and oxygen atoms in total. The molecule has 78 valence electrons. The maximum absolute atomic E-state index is 9.52. The molecule has 0 spiro atoms. The summed E-state index contributed by atoms with van der Waals surface area (Å²) in [7, 11) is 0. The van der Waals surface area contributed by atoms with Gasteiger partial charge in [0.1, 0.15) is 0 Å². The SMILES string of the molecule is CCOc1cc(C2(C#N)CC2)ccc1O. The van der Waals surface area contributed by atoms with Crippen LogP contribution >= 0.6 is 0 Å². The smallest absolute Gasteiger partial charge is 0.161 e. The summed E-state index contributed by atoms with van der Waals surface area (Å²) in [5, 5.41) is 18.6. The third-order valence-corrected chi connectivity index (χ3v) is 2.78. The van der Waals surface area contributed by atoms with Crippen LogP contribution in [0, 0.1) is 11.3 Å². The summed E-state index contributed by atoms with van der Waals surface area (Å²) in [5.41, 5.74) is 0.630. The van der Waals surface area contributed by atoms with Crippen molar-refractivity contribution in [2.24, 2.45) is 0 Å². The number of ether oxygens (including phenoxy) is 1. The van der Waals surface area contributed by atoms with E-state index in [2.05, 4.69) is 6.07 Å². The summed E-state index contributed by atoms with van der Waals surface area (Å²) in [6.07, 6.45) is 1.81. The molecule has 3 heteroatoms. The number of hydrogen-bond donors (Lipinski definition) is 1. The van der Waals surface area contributed by atoms with Gasteiger partial charge in [-0.25, -0.2) is 0 Å². The van der Waals surface area contributed by atoms with E-state index in [0.717, 1.165) is 18.4 Å². The van der Waals surface area contributed by atoms with Crippen molar-refractivity contribution in [3.05, 3.63) is 23.8 Å². The van der Waals surface area contributed by atoms with Gasteiger partial charge in [0, 0.05) is 0 Å². The van der Waals surface area contributed by atoms with Crippen LogP contribution in [0.25, 0.3) is 0 Å². The first kappa shape index (κ1) is 9.85. The molecule has 2 rings (SSSR count). The van der Waals surface area contributed by atoms with Gasteiger partial charge in [-0.3, -0.25) is 0 Å². The molecule has 0 saturated heterocycles. The van der Waals surface area contributed by atoms with Crippen LogP contribution in [0.5, 0.6) is 11.5 Å². The molecular weight excluding hydrogens is 190 g/mol. The second kappa shape index (κ2) is 3.47. The van der Waals surface area contributed by atoms with E-state index >= 15 is 0 Å². The Morgan fingerprint density at radius 3 is 2.80 bits per heavy atom. The van der Waals surface area contributed by atoms with Gasteiger partial charge in [-0.1, -0.05) is 6.07 Å². The average molecular weight is 203 g/mol. The number of hydrogen-bond acceptors (Lipinski definition) is 3. The summed E-state index contributed by atoms with van der Waals surface area (Å²) in [5.74, 6) is 0.603. The Morgan fingerprint density at radius 1 is 1.53 bits per heavy atom. The van der Waals surface area contributed by atoms with E-state index in [1.807, 2.05) is 6.92 Å². The molecule has 1 aliphatic rings. The molecule has 0 atom stereocenters. The highest BCUT2D eigenvalue weighted by Crippen LogP contribution is 2.49. The van der Waals surface area contributed by atoms with E-state index in [1.54, 1.807) is 18.2 Å². The third-order valence-electron chi connectivity index (χ3n) is 2.78. The van der Waals surface area contributed by atoms with Crippen molar-refractivity contribution in [2.45, 2.75) is 25.2 Å². The van der Waals surface area contributed by atoms with Gasteiger partial charge in [0.15, 0.2) is 11.5 Å². The highest BCUT2D eigenvalue weighted by Gasteiger charge is 2.45. The minimum absolute atomic E-state index is 0.134. The Labute approximate surface area is 88.9 Å². The molecule has 1 N–H and O–H groups in total. The van der Waals surface area contributed by atoms with E-state index in [4.69, 9.17) is 10.00 Å². The fourth-order valence-electron chi connectivity index (χ4n) is 1.67. The minimum atomic E-state index is -0.320. The van der Waals surface area contributed by atoms with Crippen LogP contribution in [0.4, 0.5) is 0 Å². The van der Waals surface area contributed by atoms with Crippen LogP contribution in [0.3, 0.4) is 0 Å². The van der Waals surface area contributed by atoms with Crippen LogP contribution in [0.15, 0.2) is 18.2 Å². The maximum Gasteiger partial charge on any atom is 0.161 e. The van der Waals surface area contributed by atoms with E-state index < -0.39 is 0 Å². The van der Waals surface area contributed by atoms with Crippen molar-refractivity contribution < 1.29 is 9.84 Å². The van der Waals surface area contributed by atoms with Crippen LogP contribution in [-0.4, -0.2) is 11.7 Å². The van der Waals surface area contributed by atoms with Gasteiger partial charge >= 0.3 is 0 Å². The molecule has 0 amide bonds. The van der Waals surface area contributed by atoms with Crippen molar-refractivity contribution in [1.82, 2.24) is 0 Å². The van der Waals surface area contributed by atoms with Gasteiger partial charge in [-0.05, 0) is 37.5 Å². The molecule has 1 aromatic rings. The minimum Gasteiger partial charge on any atom is -0.504 e. The lowest BCUT2D eigenvalue weighted by Gasteiger charge is -2.10. The topological polar surface area (TPSA) is 53.2 Å². The standard InChI is InChI=1S/C12H13NO2/c1-2-15-11-7-9(3-4-10(11)14)12(8-13)5-6-12/h3-4,7,14H,2,5-6H2,1H3. The van der Waals surface area contributed by atoms with Gasteiger partial charge in [-0.15, -0.1) is 0 Å². The Kier molecular flexibility index (Phi) is 2.28. The highest BCUT2D eigenvalue weighted by atomic mass is 16.5. The predicted octanol–water partition coefficient (Wildman–Crippen LogP) is 2.35. The van der Waals surface area contributed by atoms with Crippen LogP contribution in [-0.2, 0) is 5.41 Å². The van der Waals surface area contributed by atoms with Crippen molar-refractivity contribution >= 4 is 0 Å². The second-order valence-electron chi connectivity index (χ2n) is 3.81. The maximum atomic E-state index is 9.52. The summed E-state index contributed by atoms with van der Waals surface area (Å²) >= 11 is 0. The first-order chi connectivity index (χ1) is 7.22. The summed E-state index contributed by atoms with van der Waals surface area (Å²) in [6, 6.07) is 7.49. The third kappa shape index (κ3) is 1.63. The lowest BCUT2D eigenvalue weighted by molar-refractivity contribution is 0.317. The molecule has 0 heterocycles. The number of rotatable bonds is 3. The highest BCUT2D eigenvalue weighted by molar-refractivity contribution is 5.48. The Morgan fingerprint density at radius 2 is 2.27 bits per heavy atom. The second-order valence-corrected chi connectivity index (χ2v) is 3.81. The van der Waals surface area contributed by atoms with Crippen LogP contribution in [0.1, 0.15) is 25.3 Å². The summed E-state index contributed by atoms with van der Waals surface area (Å²) in [6.45, 7) is 2.37. The van der Waals surface area contributed by atoms with Crippen LogP contribution in [0.2, 0.25) is 0 Å². The van der Waals surface area contributed by atoms with Crippen molar-refractivity contribution in [3.63, 3.8) is 0 Å². The van der Waals surface area contributed by atoms with Gasteiger partial charge in [0.2, 0.25) is 0 Å². The Hall–Kier alpha value is -1.69. The van der Waals surface area contributed by atoms with Gasteiger partial charge in [0.05, 0.1) is 18.1 Å². The molecule has 0 aliphatic heterocycles. The summed E-state index contributed by atoms with van der Waals surface area (Å²) in [4.78, 5) is 0. The van der Waals surface area contributed by atoms with Crippen molar-refractivity contribution in [2.75, 3.05) is 6.61 Å². The van der Waals surface area contributed by atoms with Crippen molar-refractivity contribution in [3.8, 4) is 17.6 Å². The first-order valence-electron chi connectivity index (χ1n) is 5.09. The predicted molar refractivity (Wildman–Crippen MR) is 55.8 cm³/mol. The number of phenols is 1. The number of nitriles is 1. The lowest BCUT2D eigenvalue weighted by atomic mass is 9.97. The molecule has 0 unspecified atom stereocenters. The summed E-state index contributed by atoms with van der Waals surface area (Å²) < 4.78 is 5.29. The number of nitrogens with zero attached hydrogens (tertiary/aromatic N) is 1. The molecule has 1 aliphatic carbocycles. The molecular formula is C12H13NO2. The van der Waals surface area contributed by atoms with Gasteiger partial charge in [0.25, 0.3) is 0 Å². The van der Waals surface area contributed by atoms with E-state index in [9.17, 15) is 5.11 Å². The zero-order valence-corrected chi connectivity index (χ0v) is 8.66. The molecule has 0 bridgehead atoms. The largest absolute Gasteiger partial charge is 0.504 e. The normalized spacial score (nSPS) is 16.8. The van der Waals surface area contributed by atoms with E-state index in [-0.39, 0.29) is 11.2 Å². The van der Waals surface area contributed by atoms with Crippen molar-refractivity contribution in [1.29, 1.82) is 5.26 Å². The average Bonchev–Trinajstić information content (AvgIpc) is 3.02. The molecule has 1 aromatic carbocycles. The van der Waals surface area contributed by atoms with Gasteiger partial charge in [-0.2, -0.15) is 5.26 Å². The lowest BCUT2D eigenvalue weighted by Crippen LogP contribution is -2.03. The van der Waals surface area contributed by atoms with E-state index in [0.29, 0.717) is 12.4 Å². The zero-order chi connectivity index (χ0) is 10.9. The number of aromatic hydroxyl groups is 1. The van der Waals surface area contributed by atoms with E-state index in [1.165, 1.54) is 0 Å². The Balaban J connectivity index is 2.35. The fraction of sp³-hybridized carbons (Fsp3) is 0.417. The Bertz CT molecular complexity index is 416. The molecule has 0 radical (unpaired) electrons. The number of phenolic OH excluding ortho intramolecular Hbond substituents is 1. The van der Waals surface area contributed by atoms with Gasteiger partial charge < -0.3 is 9.84 Å². The molecule has 1 saturated carbocycles. The molecule has 15 heavy (non-hydrogen) atoms. The van der Waals surface area contributed by atoms with Crippen LogP contribution < -0.4 is 4.74 Å². The zero-order valence-electron chi connectivity index (χ0n) is 8.66. The molecule has 1 fully saturated rings.